The number of hydrogen-bond donors (Lipinski definition) is 8. The maximum Gasteiger partial charge on any atom is 0.310 e. The standard InChI is InChI=1S/C45H72O15/c1-21-30(48)35(59-37-33(51)31(49)26(46)19-55-37)34(52)38(57-21)60-36-32(50)27(47)20-56-39(36)58-29-12-13-44(7)23-8-9-24-25-18-41(2,3)14-16-45(25,40(53)54)17-15-43(24,6)22(23)10-11-28(44)42(29,4)5/h9,21-23,25-39,46-52H,8,10-20H2,1-7H3,(H,53,54)/t21-,22?,23?,25?,26+,27-,28?,29-,30-,31-,32-,33-,34+,35+,36+,37-,38-,39-,43-,44+,45-/m0/s1. The first-order chi connectivity index (χ1) is 28.1. The molecule has 8 N–H and O–H groups in total. The topological polar surface area (TPSA) is 234 Å². The van der Waals surface area contributed by atoms with Gasteiger partial charge < -0.3 is 69.3 Å². The number of fused-ring (bicyclic) bond motifs is 7. The number of allylic oxidation sites excluding steroid dienone is 2. The number of ether oxygens (including phenoxy) is 6. The van der Waals surface area contributed by atoms with Gasteiger partial charge in [-0.3, -0.25) is 4.79 Å². The van der Waals surface area contributed by atoms with Gasteiger partial charge in [0, 0.05) is 0 Å². The van der Waals surface area contributed by atoms with Gasteiger partial charge in [-0.05, 0) is 116 Å². The Bertz CT molecular complexity index is 1620. The third-order valence-corrected chi connectivity index (χ3v) is 17.7. The van der Waals surface area contributed by atoms with Gasteiger partial charge in [-0.15, -0.1) is 0 Å². The van der Waals surface area contributed by atoms with Crippen LogP contribution in [0.15, 0.2) is 11.6 Å². The molecule has 8 rings (SSSR count). The lowest BCUT2D eigenvalue weighted by Crippen LogP contribution is -2.65. The van der Waals surface area contributed by atoms with E-state index < -0.39 is 91.3 Å². The Morgan fingerprint density at radius 2 is 1.33 bits per heavy atom. The highest BCUT2D eigenvalue weighted by Gasteiger charge is 2.66. The van der Waals surface area contributed by atoms with Crippen molar-refractivity contribution in [3.05, 3.63) is 11.6 Å². The number of hydrogen-bond acceptors (Lipinski definition) is 14. The van der Waals surface area contributed by atoms with Gasteiger partial charge in [-0.25, -0.2) is 0 Å². The minimum atomic E-state index is -1.69. The van der Waals surface area contributed by atoms with Crippen molar-refractivity contribution in [3.8, 4) is 0 Å². The van der Waals surface area contributed by atoms with Crippen molar-refractivity contribution in [2.75, 3.05) is 13.2 Å². The van der Waals surface area contributed by atoms with E-state index >= 15 is 0 Å². The van der Waals surface area contributed by atoms with Crippen molar-refractivity contribution in [3.63, 3.8) is 0 Å². The van der Waals surface area contributed by atoms with E-state index in [1.54, 1.807) is 0 Å². The number of aliphatic hydroxyl groups is 7. The SMILES string of the molecule is C[C@@H]1O[C@@H](O[C@H]2[C@H](O[C@H]3CC[C@]4(C)C5CC=C6C7CC(C)(C)CC[C@]7(C(=O)O)CC[C@@]6(C)C5CCC4C3(C)C)OC[C@H](O)[C@@H]2O)[C@H](O)[C@H](O[C@@H]2OC[C@@H](O)[C@H](O)[C@@H]2O)[C@H]1O. The third-order valence-electron chi connectivity index (χ3n) is 17.7. The average molecular weight is 853 g/mol. The van der Waals surface area contributed by atoms with Crippen molar-refractivity contribution < 1.29 is 74.1 Å². The van der Waals surface area contributed by atoms with Crippen LogP contribution < -0.4 is 0 Å². The molecule has 8 aliphatic rings. The molecular formula is C45H72O15. The van der Waals surface area contributed by atoms with Crippen LogP contribution in [0, 0.1) is 50.7 Å². The highest BCUT2D eigenvalue weighted by Crippen LogP contribution is 2.72. The molecule has 60 heavy (non-hydrogen) atoms. The van der Waals surface area contributed by atoms with E-state index in [-0.39, 0.29) is 52.8 Å². The summed E-state index contributed by atoms with van der Waals surface area (Å²) in [5.74, 6) is 0.629. The van der Waals surface area contributed by atoms with Crippen LogP contribution >= 0.6 is 0 Å². The molecule has 0 radical (unpaired) electrons. The van der Waals surface area contributed by atoms with E-state index in [9.17, 15) is 45.6 Å². The lowest BCUT2D eigenvalue weighted by molar-refractivity contribution is -0.378. The number of carbonyl (C=O) groups is 1. The molecule has 15 heteroatoms. The van der Waals surface area contributed by atoms with E-state index in [4.69, 9.17) is 28.4 Å². The molecule has 0 spiro atoms. The van der Waals surface area contributed by atoms with Crippen molar-refractivity contribution in [1.82, 2.24) is 0 Å². The summed E-state index contributed by atoms with van der Waals surface area (Å²) in [6, 6.07) is 0. The fourth-order valence-electron chi connectivity index (χ4n) is 14.0. The van der Waals surface area contributed by atoms with Gasteiger partial charge in [0.2, 0.25) is 0 Å². The molecule has 0 amide bonds. The van der Waals surface area contributed by atoms with Gasteiger partial charge in [-0.2, -0.15) is 0 Å². The van der Waals surface area contributed by atoms with Gasteiger partial charge in [-0.1, -0.05) is 53.2 Å². The van der Waals surface area contributed by atoms with E-state index in [0.717, 1.165) is 57.8 Å². The zero-order chi connectivity index (χ0) is 43.5. The molecule has 4 unspecified atom stereocenters. The largest absolute Gasteiger partial charge is 0.481 e. The van der Waals surface area contributed by atoms with Crippen molar-refractivity contribution >= 4 is 5.97 Å². The van der Waals surface area contributed by atoms with Crippen LogP contribution in [0.25, 0.3) is 0 Å². The summed E-state index contributed by atoms with van der Waals surface area (Å²) in [5, 5.41) is 85.7. The molecule has 0 aromatic carbocycles. The average Bonchev–Trinajstić information content (AvgIpc) is 3.18. The predicted molar refractivity (Wildman–Crippen MR) is 213 cm³/mol. The van der Waals surface area contributed by atoms with E-state index in [0.29, 0.717) is 18.3 Å². The maximum absolute atomic E-state index is 13.0. The summed E-state index contributed by atoms with van der Waals surface area (Å²) in [7, 11) is 0. The normalized spacial score (nSPS) is 53.7. The number of rotatable bonds is 7. The second-order valence-electron chi connectivity index (χ2n) is 21.9. The van der Waals surface area contributed by atoms with Crippen molar-refractivity contribution in [2.24, 2.45) is 50.7 Å². The summed E-state index contributed by atoms with van der Waals surface area (Å²) in [6.45, 7) is 15.0. The second kappa shape index (κ2) is 16.0. The quantitative estimate of drug-likeness (QED) is 0.136. The van der Waals surface area contributed by atoms with Crippen molar-refractivity contribution in [2.45, 2.75) is 199 Å². The lowest BCUT2D eigenvalue weighted by atomic mass is 9.38. The summed E-state index contributed by atoms with van der Waals surface area (Å²) in [6.07, 6.45) is -7.36. The summed E-state index contributed by atoms with van der Waals surface area (Å²) in [5.41, 5.74) is 0.472. The fraction of sp³-hybridized carbons (Fsp3) is 0.933. The Morgan fingerprint density at radius 1 is 0.683 bits per heavy atom. The molecule has 15 nitrogen and oxygen atoms in total. The fourth-order valence-corrected chi connectivity index (χ4v) is 14.0. The van der Waals surface area contributed by atoms with Gasteiger partial charge in [0.15, 0.2) is 18.9 Å². The van der Waals surface area contributed by atoms with Crippen LogP contribution in [0.1, 0.15) is 113 Å². The molecular weight excluding hydrogens is 780 g/mol. The Kier molecular flexibility index (Phi) is 12.1. The summed E-state index contributed by atoms with van der Waals surface area (Å²) >= 11 is 0. The zero-order valence-corrected chi connectivity index (χ0v) is 36.4. The van der Waals surface area contributed by atoms with E-state index in [1.165, 1.54) is 12.5 Å². The van der Waals surface area contributed by atoms with E-state index in [2.05, 4.69) is 47.6 Å². The summed E-state index contributed by atoms with van der Waals surface area (Å²) < 4.78 is 36.1. The zero-order valence-electron chi connectivity index (χ0n) is 36.4. The van der Waals surface area contributed by atoms with Crippen LogP contribution in [-0.2, 0) is 33.2 Å². The molecule has 3 aliphatic heterocycles. The highest BCUT2D eigenvalue weighted by atomic mass is 16.8. The van der Waals surface area contributed by atoms with Crippen LogP contribution in [0.2, 0.25) is 0 Å². The first kappa shape index (κ1) is 45.3. The summed E-state index contributed by atoms with van der Waals surface area (Å²) in [4.78, 5) is 13.0. The van der Waals surface area contributed by atoms with Crippen molar-refractivity contribution in [1.29, 1.82) is 0 Å². The Balaban J connectivity index is 0.986. The molecule has 0 aromatic rings. The van der Waals surface area contributed by atoms with E-state index in [1.807, 2.05) is 0 Å². The molecule has 4 saturated carbocycles. The number of aliphatic hydroxyl groups excluding tert-OH is 7. The Labute approximate surface area is 353 Å². The molecule has 3 heterocycles. The molecule has 342 valence electrons. The minimum absolute atomic E-state index is 0.000687. The molecule has 5 aliphatic carbocycles. The Hall–Kier alpha value is -1.31. The van der Waals surface area contributed by atoms with Gasteiger partial charge in [0.1, 0.15) is 54.9 Å². The molecule has 21 atom stereocenters. The van der Waals surface area contributed by atoms with Crippen LogP contribution in [0.4, 0.5) is 0 Å². The molecule has 0 bridgehead atoms. The first-order valence-corrected chi connectivity index (χ1v) is 22.6. The molecule has 7 fully saturated rings. The number of carboxylic acid groups (broad SMARTS) is 1. The predicted octanol–water partition coefficient (Wildman–Crippen LogP) is 2.62. The third kappa shape index (κ3) is 7.25. The van der Waals surface area contributed by atoms with Gasteiger partial charge >= 0.3 is 5.97 Å². The molecule has 3 saturated heterocycles. The van der Waals surface area contributed by atoms with Gasteiger partial charge in [0.05, 0.1) is 30.8 Å². The number of carboxylic acids is 1. The lowest BCUT2D eigenvalue weighted by Gasteiger charge is -2.67. The maximum atomic E-state index is 13.0. The van der Waals surface area contributed by atoms with Gasteiger partial charge in [0.25, 0.3) is 0 Å². The van der Waals surface area contributed by atoms with Crippen LogP contribution in [0.5, 0.6) is 0 Å². The van der Waals surface area contributed by atoms with Crippen LogP contribution in [0.3, 0.4) is 0 Å². The Morgan fingerprint density at radius 3 is 2.03 bits per heavy atom. The monoisotopic (exact) mass is 852 g/mol. The smallest absolute Gasteiger partial charge is 0.310 e. The van der Waals surface area contributed by atoms with Crippen LogP contribution in [-0.4, -0.2) is 146 Å². The first-order valence-electron chi connectivity index (χ1n) is 22.6. The molecule has 0 aromatic heterocycles. The second-order valence-corrected chi connectivity index (χ2v) is 21.9. The number of aliphatic carboxylic acids is 1. The minimum Gasteiger partial charge on any atom is -0.481 e. The highest BCUT2D eigenvalue weighted by molar-refractivity contribution is 5.76.